The molecule has 1 N–H and O–H groups in total. The van der Waals surface area contributed by atoms with Crippen LogP contribution < -0.4 is 24.4 Å². The van der Waals surface area contributed by atoms with Crippen LogP contribution in [0.15, 0.2) is 97.1 Å². The summed E-state index contributed by atoms with van der Waals surface area (Å²) in [5.41, 5.74) is 3.98. The van der Waals surface area contributed by atoms with Gasteiger partial charge >= 0.3 is 0 Å². The van der Waals surface area contributed by atoms with Gasteiger partial charge < -0.3 is 34.1 Å². The summed E-state index contributed by atoms with van der Waals surface area (Å²) < 4.78 is 21.9. The molecule has 0 saturated carbocycles. The summed E-state index contributed by atoms with van der Waals surface area (Å²) in [6, 6.07) is 29.1. The highest BCUT2D eigenvalue weighted by Crippen LogP contribution is 2.34. The number of hydrogen-bond donors (Lipinski definition) is 1. The zero-order valence-corrected chi connectivity index (χ0v) is 25.9. The van der Waals surface area contributed by atoms with Gasteiger partial charge in [-0.1, -0.05) is 48.5 Å². The Morgan fingerprint density at radius 1 is 0.800 bits per heavy atom. The van der Waals surface area contributed by atoms with Crippen LogP contribution in [-0.2, 0) is 27.3 Å². The lowest BCUT2D eigenvalue weighted by Crippen LogP contribution is -2.41. The number of amides is 2. The number of benzene rings is 4. The number of hydrogen-bond acceptors (Lipinski definition) is 7. The molecule has 9 nitrogen and oxygen atoms in total. The SMILES string of the molecule is COc1ccc(CN(C(=O)Cc2ccccc2)C(C(=O)Nc2ccc(N3CCOCC3)cc2)c2ccc(OC)c(OC)c2)cc1. The van der Waals surface area contributed by atoms with Crippen molar-refractivity contribution in [3.8, 4) is 17.2 Å². The van der Waals surface area contributed by atoms with Crippen molar-refractivity contribution in [1.29, 1.82) is 0 Å². The van der Waals surface area contributed by atoms with E-state index in [0.717, 1.165) is 29.9 Å². The fourth-order valence-electron chi connectivity index (χ4n) is 5.41. The molecule has 0 aliphatic carbocycles. The van der Waals surface area contributed by atoms with Crippen LogP contribution in [0.3, 0.4) is 0 Å². The van der Waals surface area contributed by atoms with Crippen molar-refractivity contribution in [1.82, 2.24) is 4.90 Å². The van der Waals surface area contributed by atoms with E-state index in [2.05, 4.69) is 10.2 Å². The number of anilines is 2. The average Bonchev–Trinajstić information content (AvgIpc) is 3.09. The smallest absolute Gasteiger partial charge is 0.251 e. The summed E-state index contributed by atoms with van der Waals surface area (Å²) in [6.45, 7) is 3.20. The van der Waals surface area contributed by atoms with Gasteiger partial charge in [-0.2, -0.15) is 0 Å². The molecule has 0 spiro atoms. The topological polar surface area (TPSA) is 89.6 Å². The molecule has 4 aromatic rings. The fraction of sp³-hybridized carbons (Fsp3) is 0.278. The maximum absolute atomic E-state index is 14.3. The first-order valence-electron chi connectivity index (χ1n) is 14.9. The number of nitrogens with one attached hydrogen (secondary N) is 1. The van der Waals surface area contributed by atoms with Crippen LogP contribution in [0.5, 0.6) is 17.2 Å². The highest BCUT2D eigenvalue weighted by molar-refractivity contribution is 5.98. The maximum Gasteiger partial charge on any atom is 0.251 e. The van der Waals surface area contributed by atoms with Crippen LogP contribution in [-0.4, -0.2) is 64.3 Å². The van der Waals surface area contributed by atoms with Crippen molar-refractivity contribution in [2.45, 2.75) is 19.0 Å². The van der Waals surface area contributed by atoms with Crippen LogP contribution in [0.1, 0.15) is 22.7 Å². The van der Waals surface area contributed by atoms with Gasteiger partial charge in [0, 0.05) is 31.0 Å². The summed E-state index contributed by atoms with van der Waals surface area (Å²) in [5, 5.41) is 3.07. The lowest BCUT2D eigenvalue weighted by atomic mass is 10.0. The average molecular weight is 610 g/mol. The van der Waals surface area contributed by atoms with Gasteiger partial charge in [-0.25, -0.2) is 0 Å². The first-order chi connectivity index (χ1) is 22.0. The minimum atomic E-state index is -0.984. The van der Waals surface area contributed by atoms with Crippen molar-refractivity contribution >= 4 is 23.2 Å². The van der Waals surface area contributed by atoms with Crippen molar-refractivity contribution < 1.29 is 28.5 Å². The molecule has 1 atom stereocenters. The van der Waals surface area contributed by atoms with Gasteiger partial charge in [0.2, 0.25) is 5.91 Å². The number of nitrogens with zero attached hydrogens (tertiary/aromatic N) is 2. The van der Waals surface area contributed by atoms with Crippen LogP contribution in [0.4, 0.5) is 11.4 Å². The Bertz CT molecular complexity index is 1550. The first kappa shape index (κ1) is 31.4. The second kappa shape index (κ2) is 15.1. The minimum Gasteiger partial charge on any atom is -0.497 e. The van der Waals surface area contributed by atoms with E-state index in [1.165, 1.54) is 0 Å². The second-order valence-electron chi connectivity index (χ2n) is 10.7. The minimum absolute atomic E-state index is 0.127. The number of rotatable bonds is 12. The number of ether oxygens (including phenoxy) is 4. The highest BCUT2D eigenvalue weighted by atomic mass is 16.5. The Kier molecular flexibility index (Phi) is 10.6. The standard InChI is InChI=1S/C36H39N3O6/c1-42-31-16-9-27(10-17-31)25-39(34(40)23-26-7-5-4-6-8-26)35(28-11-18-32(43-2)33(24-28)44-3)36(41)37-29-12-14-30(15-13-29)38-19-21-45-22-20-38/h4-18,24,35H,19-23,25H2,1-3H3,(H,37,41). The molecule has 1 saturated heterocycles. The Labute approximate surface area is 264 Å². The monoisotopic (exact) mass is 609 g/mol. The molecular weight excluding hydrogens is 570 g/mol. The molecule has 0 radical (unpaired) electrons. The summed E-state index contributed by atoms with van der Waals surface area (Å²) >= 11 is 0. The van der Waals surface area contributed by atoms with Crippen LogP contribution in [0.25, 0.3) is 0 Å². The summed E-state index contributed by atoms with van der Waals surface area (Å²) in [5.74, 6) is 1.14. The van der Waals surface area contributed by atoms with E-state index < -0.39 is 6.04 Å². The Balaban J connectivity index is 1.51. The number of methoxy groups -OCH3 is 3. The zero-order chi connectivity index (χ0) is 31.6. The van der Waals surface area contributed by atoms with E-state index in [-0.39, 0.29) is 24.8 Å². The quantitative estimate of drug-likeness (QED) is 0.227. The van der Waals surface area contributed by atoms with Crippen LogP contribution in [0.2, 0.25) is 0 Å². The van der Waals surface area contributed by atoms with E-state index in [1.54, 1.807) is 44.4 Å². The number of carbonyl (C=O) groups is 2. The molecule has 2 amide bonds. The predicted molar refractivity (Wildman–Crippen MR) is 174 cm³/mol. The molecule has 1 aliphatic heterocycles. The largest absolute Gasteiger partial charge is 0.497 e. The number of carbonyl (C=O) groups excluding carboxylic acids is 2. The van der Waals surface area contributed by atoms with Gasteiger partial charge in [-0.15, -0.1) is 0 Å². The van der Waals surface area contributed by atoms with E-state index in [0.29, 0.717) is 41.7 Å². The molecule has 45 heavy (non-hydrogen) atoms. The third kappa shape index (κ3) is 7.93. The Hall–Kier alpha value is -5.02. The predicted octanol–water partition coefficient (Wildman–Crippen LogP) is 5.50. The summed E-state index contributed by atoms with van der Waals surface area (Å²) in [4.78, 5) is 32.3. The van der Waals surface area contributed by atoms with Crippen molar-refractivity contribution in [3.63, 3.8) is 0 Å². The second-order valence-corrected chi connectivity index (χ2v) is 10.7. The lowest BCUT2D eigenvalue weighted by molar-refractivity contribution is -0.139. The van der Waals surface area contributed by atoms with E-state index in [4.69, 9.17) is 18.9 Å². The Morgan fingerprint density at radius 3 is 2.13 bits per heavy atom. The number of morpholine rings is 1. The zero-order valence-electron chi connectivity index (χ0n) is 25.9. The van der Waals surface area contributed by atoms with Crippen LogP contribution in [0, 0.1) is 0 Å². The van der Waals surface area contributed by atoms with Gasteiger partial charge in [0.1, 0.15) is 11.8 Å². The van der Waals surface area contributed by atoms with Crippen molar-refractivity contribution in [3.05, 3.63) is 114 Å². The van der Waals surface area contributed by atoms with Crippen LogP contribution >= 0.6 is 0 Å². The molecule has 1 unspecified atom stereocenters. The molecule has 9 heteroatoms. The summed E-state index contributed by atoms with van der Waals surface area (Å²) in [7, 11) is 4.71. The molecule has 1 aliphatic rings. The summed E-state index contributed by atoms with van der Waals surface area (Å²) in [6.07, 6.45) is 0.127. The lowest BCUT2D eigenvalue weighted by Gasteiger charge is -2.32. The molecule has 234 valence electrons. The third-order valence-electron chi connectivity index (χ3n) is 7.82. The molecular formula is C36H39N3O6. The normalized spacial score (nSPS) is 13.4. The van der Waals surface area contributed by atoms with E-state index >= 15 is 0 Å². The maximum atomic E-state index is 14.3. The molecule has 0 aromatic heterocycles. The van der Waals surface area contributed by atoms with E-state index in [1.807, 2.05) is 78.9 Å². The molecule has 1 heterocycles. The molecule has 1 fully saturated rings. The molecule has 0 bridgehead atoms. The highest BCUT2D eigenvalue weighted by Gasteiger charge is 2.33. The van der Waals surface area contributed by atoms with Gasteiger partial charge in [0.05, 0.1) is 41.0 Å². The van der Waals surface area contributed by atoms with Gasteiger partial charge in [-0.3, -0.25) is 9.59 Å². The van der Waals surface area contributed by atoms with Gasteiger partial charge in [0.25, 0.3) is 5.91 Å². The van der Waals surface area contributed by atoms with Gasteiger partial charge in [-0.05, 0) is 65.2 Å². The van der Waals surface area contributed by atoms with Crippen molar-refractivity contribution in [2.75, 3.05) is 57.8 Å². The fourth-order valence-corrected chi connectivity index (χ4v) is 5.41. The van der Waals surface area contributed by atoms with Crippen molar-refractivity contribution in [2.24, 2.45) is 0 Å². The van der Waals surface area contributed by atoms with Gasteiger partial charge in [0.15, 0.2) is 11.5 Å². The Morgan fingerprint density at radius 2 is 1.49 bits per heavy atom. The molecule has 5 rings (SSSR count). The third-order valence-corrected chi connectivity index (χ3v) is 7.82. The first-order valence-corrected chi connectivity index (χ1v) is 14.9. The van der Waals surface area contributed by atoms with E-state index in [9.17, 15) is 9.59 Å². The molecule has 4 aromatic carbocycles.